The lowest BCUT2D eigenvalue weighted by Crippen LogP contribution is -2.51. The molecule has 1 aliphatic rings. The molecule has 0 aliphatic carbocycles. The number of benzene rings is 2. The SMILES string of the molecule is CCC(C(=O)N1CCCCC1C(=O)O)n1c(=NC(=O)c2ccc(C)cc2)sc2ccccc21. The molecule has 2 atom stereocenters. The maximum Gasteiger partial charge on any atom is 0.326 e. The van der Waals surface area contributed by atoms with Crippen molar-refractivity contribution >= 4 is 39.3 Å². The van der Waals surface area contributed by atoms with Gasteiger partial charge < -0.3 is 14.6 Å². The number of thiazole rings is 1. The lowest BCUT2D eigenvalue weighted by molar-refractivity contribution is -0.153. The fourth-order valence-electron chi connectivity index (χ4n) is 4.33. The van der Waals surface area contributed by atoms with Crippen LogP contribution in [0.15, 0.2) is 53.5 Å². The highest BCUT2D eigenvalue weighted by Crippen LogP contribution is 2.27. The minimum absolute atomic E-state index is 0.239. The van der Waals surface area contributed by atoms with E-state index in [2.05, 4.69) is 4.99 Å². The van der Waals surface area contributed by atoms with Gasteiger partial charge in [-0.3, -0.25) is 9.59 Å². The number of para-hydroxylation sites is 1. The second-order valence-electron chi connectivity index (χ2n) is 8.31. The zero-order chi connectivity index (χ0) is 23.5. The molecule has 0 spiro atoms. The molecule has 1 N–H and O–H groups in total. The first kappa shape index (κ1) is 22.9. The number of carboxylic acid groups (broad SMARTS) is 1. The molecule has 172 valence electrons. The largest absolute Gasteiger partial charge is 0.480 e. The van der Waals surface area contributed by atoms with Gasteiger partial charge in [0.1, 0.15) is 12.1 Å². The second kappa shape index (κ2) is 9.70. The summed E-state index contributed by atoms with van der Waals surface area (Å²) in [4.78, 5) is 44.7. The summed E-state index contributed by atoms with van der Waals surface area (Å²) in [5.41, 5.74) is 2.34. The maximum atomic E-state index is 13.7. The Kier molecular flexibility index (Phi) is 6.74. The van der Waals surface area contributed by atoms with Gasteiger partial charge in [0, 0.05) is 12.1 Å². The third-order valence-corrected chi connectivity index (χ3v) is 7.12. The smallest absolute Gasteiger partial charge is 0.326 e. The number of piperidine rings is 1. The molecule has 4 rings (SSSR count). The number of aryl methyl sites for hydroxylation is 1. The first-order chi connectivity index (χ1) is 15.9. The van der Waals surface area contributed by atoms with Gasteiger partial charge in [0.25, 0.3) is 5.91 Å². The summed E-state index contributed by atoms with van der Waals surface area (Å²) in [6.07, 6.45) is 2.48. The maximum absolute atomic E-state index is 13.7. The third-order valence-electron chi connectivity index (χ3n) is 6.08. The van der Waals surface area contributed by atoms with Gasteiger partial charge in [0.05, 0.1) is 10.2 Å². The monoisotopic (exact) mass is 465 g/mol. The third kappa shape index (κ3) is 4.61. The zero-order valence-electron chi connectivity index (χ0n) is 18.7. The average Bonchev–Trinajstić information content (AvgIpc) is 3.17. The Morgan fingerprint density at radius 3 is 2.55 bits per heavy atom. The summed E-state index contributed by atoms with van der Waals surface area (Å²) in [6.45, 7) is 4.27. The Morgan fingerprint density at radius 1 is 1.12 bits per heavy atom. The Labute approximate surface area is 196 Å². The molecular formula is C25H27N3O4S. The van der Waals surface area contributed by atoms with Crippen LogP contribution in [0.2, 0.25) is 0 Å². The van der Waals surface area contributed by atoms with Gasteiger partial charge in [-0.25, -0.2) is 4.79 Å². The molecule has 0 bridgehead atoms. The van der Waals surface area contributed by atoms with Crippen molar-refractivity contribution < 1.29 is 19.5 Å². The predicted octanol–water partition coefficient (Wildman–Crippen LogP) is 4.17. The molecule has 3 aromatic rings. The number of hydrogen-bond acceptors (Lipinski definition) is 4. The Hall–Kier alpha value is -3.26. The van der Waals surface area contributed by atoms with Gasteiger partial charge in [-0.1, -0.05) is 48.1 Å². The van der Waals surface area contributed by atoms with Gasteiger partial charge in [-0.15, -0.1) is 0 Å². The van der Waals surface area contributed by atoms with Crippen LogP contribution in [-0.2, 0) is 9.59 Å². The number of amides is 2. The molecular weight excluding hydrogens is 438 g/mol. The summed E-state index contributed by atoms with van der Waals surface area (Å²) >= 11 is 1.35. The van der Waals surface area contributed by atoms with E-state index in [1.807, 2.05) is 54.8 Å². The molecule has 1 aromatic heterocycles. The lowest BCUT2D eigenvalue weighted by Gasteiger charge is -2.35. The number of carboxylic acids is 1. The van der Waals surface area contributed by atoms with Crippen LogP contribution in [0.5, 0.6) is 0 Å². The Morgan fingerprint density at radius 2 is 1.85 bits per heavy atom. The number of likely N-dealkylation sites (tertiary alicyclic amines) is 1. The number of aliphatic carboxylic acids is 1. The molecule has 2 heterocycles. The fourth-order valence-corrected chi connectivity index (χ4v) is 5.40. The van der Waals surface area contributed by atoms with Crippen molar-refractivity contribution in [1.82, 2.24) is 9.47 Å². The molecule has 2 aromatic carbocycles. The van der Waals surface area contributed by atoms with E-state index in [0.29, 0.717) is 29.8 Å². The van der Waals surface area contributed by atoms with E-state index >= 15 is 0 Å². The fraction of sp³-hybridized carbons (Fsp3) is 0.360. The normalized spacial score (nSPS) is 17.8. The van der Waals surface area contributed by atoms with E-state index in [-0.39, 0.29) is 11.8 Å². The van der Waals surface area contributed by atoms with Crippen LogP contribution in [0, 0.1) is 6.92 Å². The topological polar surface area (TPSA) is 92.0 Å². The van der Waals surface area contributed by atoms with Crippen molar-refractivity contribution in [3.63, 3.8) is 0 Å². The van der Waals surface area contributed by atoms with E-state index in [9.17, 15) is 19.5 Å². The number of carbonyl (C=O) groups is 3. The van der Waals surface area contributed by atoms with Crippen LogP contribution >= 0.6 is 11.3 Å². The van der Waals surface area contributed by atoms with Crippen LogP contribution in [0.3, 0.4) is 0 Å². The van der Waals surface area contributed by atoms with Crippen LogP contribution in [-0.4, -0.2) is 44.9 Å². The second-order valence-corrected chi connectivity index (χ2v) is 9.32. The highest BCUT2D eigenvalue weighted by atomic mass is 32.1. The summed E-state index contributed by atoms with van der Waals surface area (Å²) in [6, 6.07) is 13.4. The van der Waals surface area contributed by atoms with Gasteiger partial charge in [0.2, 0.25) is 5.91 Å². The number of aromatic nitrogens is 1. The molecule has 7 nitrogen and oxygen atoms in total. The zero-order valence-corrected chi connectivity index (χ0v) is 19.5. The van der Waals surface area contributed by atoms with Crippen molar-refractivity contribution in [3.8, 4) is 0 Å². The Bertz CT molecular complexity index is 1260. The molecule has 2 unspecified atom stereocenters. The van der Waals surface area contributed by atoms with Crippen molar-refractivity contribution in [1.29, 1.82) is 0 Å². The van der Waals surface area contributed by atoms with Gasteiger partial charge >= 0.3 is 5.97 Å². The molecule has 1 saturated heterocycles. The number of nitrogens with zero attached hydrogens (tertiary/aromatic N) is 3. The van der Waals surface area contributed by atoms with Crippen molar-refractivity contribution in [2.75, 3.05) is 6.54 Å². The van der Waals surface area contributed by atoms with E-state index in [1.165, 1.54) is 16.2 Å². The first-order valence-corrected chi connectivity index (χ1v) is 12.0. The summed E-state index contributed by atoms with van der Waals surface area (Å²) in [5.74, 6) is -1.59. The van der Waals surface area contributed by atoms with Gasteiger partial charge in [0.15, 0.2) is 4.80 Å². The van der Waals surface area contributed by atoms with E-state index in [0.717, 1.165) is 28.6 Å². The minimum Gasteiger partial charge on any atom is -0.480 e. The van der Waals surface area contributed by atoms with E-state index in [1.54, 1.807) is 12.1 Å². The molecule has 0 saturated carbocycles. The van der Waals surface area contributed by atoms with Gasteiger partial charge in [-0.2, -0.15) is 4.99 Å². The predicted molar refractivity (Wildman–Crippen MR) is 127 cm³/mol. The van der Waals surface area contributed by atoms with Crippen LogP contribution in [0.25, 0.3) is 10.2 Å². The highest BCUT2D eigenvalue weighted by molar-refractivity contribution is 7.16. The van der Waals surface area contributed by atoms with Crippen molar-refractivity contribution in [2.45, 2.75) is 51.6 Å². The first-order valence-electron chi connectivity index (χ1n) is 11.2. The summed E-state index contributed by atoms with van der Waals surface area (Å²) in [7, 11) is 0. The highest BCUT2D eigenvalue weighted by Gasteiger charge is 2.36. The summed E-state index contributed by atoms with van der Waals surface area (Å²) in [5, 5.41) is 9.67. The van der Waals surface area contributed by atoms with Gasteiger partial charge in [-0.05, 0) is 56.9 Å². The number of carbonyl (C=O) groups excluding carboxylic acids is 2. The summed E-state index contributed by atoms with van der Waals surface area (Å²) < 4.78 is 2.72. The number of hydrogen-bond donors (Lipinski definition) is 1. The number of fused-ring (bicyclic) bond motifs is 1. The lowest BCUT2D eigenvalue weighted by atomic mass is 10.0. The van der Waals surface area contributed by atoms with Crippen LogP contribution in [0.1, 0.15) is 54.6 Å². The van der Waals surface area contributed by atoms with Crippen LogP contribution < -0.4 is 4.80 Å². The van der Waals surface area contributed by atoms with Crippen molar-refractivity contribution in [2.24, 2.45) is 4.99 Å². The molecule has 1 aliphatic heterocycles. The molecule has 33 heavy (non-hydrogen) atoms. The number of rotatable bonds is 5. The van der Waals surface area contributed by atoms with E-state index < -0.39 is 18.1 Å². The van der Waals surface area contributed by atoms with E-state index in [4.69, 9.17) is 0 Å². The minimum atomic E-state index is -0.975. The average molecular weight is 466 g/mol. The Balaban J connectivity index is 1.81. The quantitative estimate of drug-likeness (QED) is 0.612. The van der Waals surface area contributed by atoms with Crippen molar-refractivity contribution in [3.05, 3.63) is 64.5 Å². The molecule has 2 amide bonds. The molecule has 1 fully saturated rings. The standard InChI is InChI=1S/C25H27N3O4S/c1-3-18(23(30)27-15-7-6-9-20(27)24(31)32)28-19-8-4-5-10-21(19)33-25(28)26-22(29)17-13-11-16(2)12-14-17/h4-5,8,10-14,18,20H,3,6-7,9,15H2,1-2H3,(H,31,32). The van der Waals surface area contributed by atoms with Crippen LogP contribution in [0.4, 0.5) is 0 Å². The molecule has 8 heteroatoms. The molecule has 0 radical (unpaired) electrons.